The Bertz CT molecular complexity index is 424. The second-order valence-corrected chi connectivity index (χ2v) is 4.92. The highest BCUT2D eigenvalue weighted by Gasteiger charge is 2.15. The summed E-state index contributed by atoms with van der Waals surface area (Å²) in [5.41, 5.74) is 6.02. The number of nitrogens with two attached hydrogens (primary N) is 1. The molecular weight excluding hydrogens is 240 g/mol. The first-order chi connectivity index (χ1) is 9.09. The molecule has 19 heavy (non-hydrogen) atoms. The van der Waals surface area contributed by atoms with Gasteiger partial charge in [-0.1, -0.05) is 18.2 Å². The Labute approximate surface area is 114 Å². The molecule has 104 valence electrons. The van der Waals surface area contributed by atoms with E-state index in [0.717, 1.165) is 24.2 Å². The molecule has 0 aliphatic carbocycles. The highest BCUT2D eigenvalue weighted by atomic mass is 16.5. The molecule has 0 fully saturated rings. The van der Waals surface area contributed by atoms with Gasteiger partial charge in [0.15, 0.2) is 0 Å². The molecular formula is C15H22N2O2. The van der Waals surface area contributed by atoms with Crippen LogP contribution in [0.25, 0.3) is 0 Å². The minimum atomic E-state index is -0.741. The summed E-state index contributed by atoms with van der Waals surface area (Å²) in [4.78, 5) is 0. The first-order valence-electron chi connectivity index (χ1n) is 6.61. The van der Waals surface area contributed by atoms with E-state index in [9.17, 15) is 0 Å². The predicted octanol–water partition coefficient (Wildman–Crippen LogP) is 2.01. The number of hydrogen-bond acceptors (Lipinski definition) is 4. The van der Waals surface area contributed by atoms with Crippen molar-refractivity contribution in [2.75, 3.05) is 13.2 Å². The Morgan fingerprint density at radius 1 is 1.37 bits per heavy atom. The Morgan fingerprint density at radius 3 is 2.79 bits per heavy atom. The van der Waals surface area contributed by atoms with Gasteiger partial charge in [-0.3, -0.25) is 0 Å². The lowest BCUT2D eigenvalue weighted by molar-refractivity contribution is 0.282. The number of aliphatic hydroxyl groups is 1. The van der Waals surface area contributed by atoms with Gasteiger partial charge in [0, 0.05) is 6.61 Å². The topological polar surface area (TPSA) is 79.3 Å². The molecule has 4 heteroatoms. The number of rotatable bonds is 8. The molecule has 0 amide bonds. The van der Waals surface area contributed by atoms with Crippen molar-refractivity contribution in [3.8, 4) is 11.8 Å². The van der Waals surface area contributed by atoms with Crippen molar-refractivity contribution in [2.24, 2.45) is 5.73 Å². The molecule has 0 saturated carbocycles. The van der Waals surface area contributed by atoms with Crippen LogP contribution in [0.2, 0.25) is 0 Å². The third-order valence-corrected chi connectivity index (χ3v) is 2.96. The van der Waals surface area contributed by atoms with Crippen LogP contribution in [0.5, 0.6) is 5.75 Å². The van der Waals surface area contributed by atoms with Crippen LogP contribution in [0, 0.1) is 11.3 Å². The van der Waals surface area contributed by atoms with E-state index in [1.807, 2.05) is 24.3 Å². The van der Waals surface area contributed by atoms with Crippen molar-refractivity contribution in [2.45, 2.75) is 38.1 Å². The molecule has 1 aromatic rings. The van der Waals surface area contributed by atoms with Gasteiger partial charge < -0.3 is 15.6 Å². The van der Waals surface area contributed by atoms with Crippen molar-refractivity contribution in [1.82, 2.24) is 0 Å². The largest absolute Gasteiger partial charge is 0.493 e. The van der Waals surface area contributed by atoms with Gasteiger partial charge in [-0.2, -0.15) is 5.26 Å². The average Bonchev–Trinajstić information content (AvgIpc) is 2.40. The van der Waals surface area contributed by atoms with Crippen molar-refractivity contribution in [1.29, 1.82) is 5.26 Å². The van der Waals surface area contributed by atoms with E-state index in [0.29, 0.717) is 19.4 Å². The summed E-state index contributed by atoms with van der Waals surface area (Å²) in [6, 6.07) is 9.81. The van der Waals surface area contributed by atoms with Crippen LogP contribution in [0.1, 0.15) is 31.7 Å². The normalized spacial score (nSPS) is 13.6. The zero-order valence-corrected chi connectivity index (χ0v) is 11.4. The minimum Gasteiger partial charge on any atom is -0.493 e. The molecule has 4 nitrogen and oxygen atoms in total. The fraction of sp³-hybridized carbons (Fsp3) is 0.533. The Morgan fingerprint density at radius 2 is 2.11 bits per heavy atom. The summed E-state index contributed by atoms with van der Waals surface area (Å²) < 4.78 is 5.70. The number of nitriles is 1. The minimum absolute atomic E-state index is 0.119. The summed E-state index contributed by atoms with van der Waals surface area (Å²) in [7, 11) is 0. The van der Waals surface area contributed by atoms with Crippen LogP contribution >= 0.6 is 0 Å². The Kier molecular flexibility index (Phi) is 6.34. The van der Waals surface area contributed by atoms with Crippen LogP contribution in [0.3, 0.4) is 0 Å². The summed E-state index contributed by atoms with van der Waals surface area (Å²) in [6.07, 6.45) is 3.00. The standard InChI is InChI=1S/C15H22N2O2/c1-15(17,12-16)9-4-5-11-19-14-7-3-2-6-13(14)8-10-18/h2-3,6-7,18H,4-5,8-11,17H2,1H3. The first kappa shape index (κ1) is 15.5. The van der Waals surface area contributed by atoms with Crippen LogP contribution in [0.15, 0.2) is 24.3 Å². The third kappa shape index (κ3) is 5.73. The van der Waals surface area contributed by atoms with Gasteiger partial charge in [0.1, 0.15) is 11.3 Å². The van der Waals surface area contributed by atoms with Crippen molar-refractivity contribution < 1.29 is 9.84 Å². The molecule has 1 atom stereocenters. The number of nitrogens with zero attached hydrogens (tertiary/aromatic N) is 1. The van der Waals surface area contributed by atoms with Gasteiger partial charge >= 0.3 is 0 Å². The fourth-order valence-electron chi connectivity index (χ4n) is 1.80. The van der Waals surface area contributed by atoms with Gasteiger partial charge in [0.2, 0.25) is 0 Å². The lowest BCUT2D eigenvalue weighted by Crippen LogP contribution is -2.33. The molecule has 0 bridgehead atoms. The molecule has 0 aromatic heterocycles. The number of para-hydroxylation sites is 1. The Balaban J connectivity index is 2.32. The fourth-order valence-corrected chi connectivity index (χ4v) is 1.80. The lowest BCUT2D eigenvalue weighted by Gasteiger charge is -2.15. The van der Waals surface area contributed by atoms with E-state index in [2.05, 4.69) is 6.07 Å². The maximum atomic E-state index is 8.97. The van der Waals surface area contributed by atoms with Crippen LogP contribution in [-0.4, -0.2) is 23.9 Å². The second-order valence-electron chi connectivity index (χ2n) is 4.92. The van der Waals surface area contributed by atoms with E-state index >= 15 is 0 Å². The predicted molar refractivity (Wildman–Crippen MR) is 74.8 cm³/mol. The molecule has 1 aromatic carbocycles. The Hall–Kier alpha value is -1.57. The SMILES string of the molecule is CC(N)(C#N)CCCCOc1ccccc1CCO. The summed E-state index contributed by atoms with van der Waals surface area (Å²) in [5, 5.41) is 17.8. The van der Waals surface area contributed by atoms with Gasteiger partial charge in [-0.15, -0.1) is 0 Å². The van der Waals surface area contributed by atoms with Crippen molar-refractivity contribution in [3.63, 3.8) is 0 Å². The van der Waals surface area contributed by atoms with Gasteiger partial charge in [-0.05, 0) is 44.2 Å². The molecule has 0 radical (unpaired) electrons. The van der Waals surface area contributed by atoms with Crippen molar-refractivity contribution in [3.05, 3.63) is 29.8 Å². The number of benzene rings is 1. The van der Waals surface area contributed by atoms with Gasteiger partial charge in [-0.25, -0.2) is 0 Å². The smallest absolute Gasteiger partial charge is 0.122 e. The van der Waals surface area contributed by atoms with Gasteiger partial charge in [0.05, 0.1) is 12.7 Å². The second kappa shape index (κ2) is 7.78. The van der Waals surface area contributed by atoms with Crippen molar-refractivity contribution >= 4 is 0 Å². The highest BCUT2D eigenvalue weighted by Crippen LogP contribution is 2.19. The molecule has 0 aliphatic rings. The first-order valence-corrected chi connectivity index (χ1v) is 6.61. The maximum absolute atomic E-state index is 8.97. The monoisotopic (exact) mass is 262 g/mol. The number of ether oxygens (including phenoxy) is 1. The maximum Gasteiger partial charge on any atom is 0.122 e. The molecule has 0 aliphatic heterocycles. The van der Waals surface area contributed by atoms with Gasteiger partial charge in [0.25, 0.3) is 0 Å². The molecule has 0 saturated heterocycles. The zero-order valence-electron chi connectivity index (χ0n) is 11.4. The zero-order chi connectivity index (χ0) is 14.1. The number of aliphatic hydroxyl groups excluding tert-OH is 1. The van der Waals surface area contributed by atoms with Crippen LogP contribution < -0.4 is 10.5 Å². The summed E-state index contributed by atoms with van der Waals surface area (Å²) in [6.45, 7) is 2.46. The summed E-state index contributed by atoms with van der Waals surface area (Å²) in [5.74, 6) is 0.826. The van der Waals surface area contributed by atoms with E-state index in [4.69, 9.17) is 20.8 Å². The average molecular weight is 262 g/mol. The number of unbranched alkanes of at least 4 members (excludes halogenated alkanes) is 1. The molecule has 1 unspecified atom stereocenters. The summed E-state index contributed by atoms with van der Waals surface area (Å²) >= 11 is 0. The van der Waals surface area contributed by atoms with E-state index in [-0.39, 0.29) is 6.61 Å². The molecule has 1 rings (SSSR count). The third-order valence-electron chi connectivity index (χ3n) is 2.96. The quantitative estimate of drug-likeness (QED) is 0.702. The molecule has 3 N–H and O–H groups in total. The lowest BCUT2D eigenvalue weighted by atomic mass is 9.98. The molecule has 0 spiro atoms. The van der Waals surface area contributed by atoms with E-state index < -0.39 is 5.54 Å². The van der Waals surface area contributed by atoms with E-state index in [1.54, 1.807) is 6.92 Å². The van der Waals surface area contributed by atoms with E-state index in [1.165, 1.54) is 0 Å². The number of hydrogen-bond donors (Lipinski definition) is 2. The molecule has 0 heterocycles. The van der Waals surface area contributed by atoms with Crippen LogP contribution in [-0.2, 0) is 6.42 Å². The van der Waals surface area contributed by atoms with Crippen LogP contribution in [0.4, 0.5) is 0 Å². The highest BCUT2D eigenvalue weighted by molar-refractivity contribution is 5.33.